The summed E-state index contributed by atoms with van der Waals surface area (Å²) in [5.41, 5.74) is 2.50. The first-order valence-corrected chi connectivity index (χ1v) is 4.36. The molecule has 0 spiro atoms. The van der Waals surface area contributed by atoms with Gasteiger partial charge in [-0.1, -0.05) is 0 Å². The van der Waals surface area contributed by atoms with Crippen LogP contribution < -0.4 is 5.48 Å². The van der Waals surface area contributed by atoms with Crippen molar-refractivity contribution in [3.05, 3.63) is 0 Å². The fraction of sp³-hybridized carbons (Fsp3) is 0.667. The van der Waals surface area contributed by atoms with Crippen LogP contribution in [0.1, 0.15) is 6.92 Å². The average molecular weight is 175 g/mol. The summed E-state index contributed by atoms with van der Waals surface area (Å²) < 4.78 is 0. The summed E-state index contributed by atoms with van der Waals surface area (Å²) in [5.74, 6) is -0.445. The van der Waals surface area contributed by atoms with E-state index in [0.717, 1.165) is 0 Å². The number of thioether (sulfide) groups is 1. The number of hydrogen-bond donors (Lipinski definition) is 1. The van der Waals surface area contributed by atoms with Gasteiger partial charge >= 0.3 is 0 Å². The van der Waals surface area contributed by atoms with Crippen LogP contribution in [0, 0.1) is 0 Å². The Morgan fingerprint density at radius 1 is 1.73 bits per heavy atom. The number of Topliss-reactive ketones (excluding diaryl/α,β-unsaturated/α-hetero) is 2. The summed E-state index contributed by atoms with van der Waals surface area (Å²) in [4.78, 5) is 26.4. The molecule has 1 atom stereocenters. The minimum Gasteiger partial charge on any atom is -0.301 e. The molecule has 5 heteroatoms. The molecule has 1 fully saturated rings. The van der Waals surface area contributed by atoms with Gasteiger partial charge in [0.05, 0.1) is 12.4 Å². The summed E-state index contributed by atoms with van der Waals surface area (Å²) in [5, 5.41) is -0.484. The van der Waals surface area contributed by atoms with Gasteiger partial charge in [0.25, 0.3) is 0 Å². The molecular weight excluding hydrogens is 166 g/mol. The molecule has 0 aromatic heterocycles. The molecule has 0 aromatic carbocycles. The third-order valence-electron chi connectivity index (χ3n) is 1.23. The minimum absolute atomic E-state index is 0.267. The molecule has 0 saturated carbocycles. The Morgan fingerprint density at radius 2 is 2.45 bits per heavy atom. The first kappa shape index (κ1) is 8.70. The van der Waals surface area contributed by atoms with Crippen LogP contribution in [0.15, 0.2) is 0 Å². The Hall–Kier alpha value is -0.390. The molecule has 1 aliphatic rings. The van der Waals surface area contributed by atoms with Crippen LogP contribution in [0.2, 0.25) is 0 Å². The molecule has 1 N–H and O–H groups in total. The molecule has 1 rings (SSSR count). The van der Waals surface area contributed by atoms with E-state index in [1.807, 2.05) is 0 Å². The maximum atomic E-state index is 10.9. The molecule has 1 aliphatic heterocycles. The van der Waals surface area contributed by atoms with Gasteiger partial charge in [-0.15, -0.1) is 11.8 Å². The number of carbonyl (C=O) groups excluding carboxylic acids is 2. The van der Waals surface area contributed by atoms with Crippen LogP contribution in [0.3, 0.4) is 0 Å². The molecule has 1 heterocycles. The first-order valence-electron chi connectivity index (χ1n) is 3.31. The van der Waals surface area contributed by atoms with E-state index in [1.54, 1.807) is 6.92 Å². The lowest BCUT2D eigenvalue weighted by atomic mass is 10.3. The predicted octanol–water partition coefficient (Wildman–Crippen LogP) is -0.261. The van der Waals surface area contributed by atoms with E-state index in [9.17, 15) is 9.59 Å². The molecule has 0 aliphatic carbocycles. The predicted molar refractivity (Wildman–Crippen MR) is 41.0 cm³/mol. The maximum Gasteiger partial charge on any atom is 0.228 e. The molecule has 0 amide bonds. The second-order valence-electron chi connectivity index (χ2n) is 2.03. The van der Waals surface area contributed by atoms with Gasteiger partial charge in [-0.3, -0.25) is 9.59 Å². The highest BCUT2D eigenvalue weighted by atomic mass is 32.2. The van der Waals surface area contributed by atoms with Gasteiger partial charge in [-0.2, -0.15) is 5.48 Å². The Morgan fingerprint density at radius 3 is 2.91 bits per heavy atom. The van der Waals surface area contributed by atoms with Gasteiger partial charge in [0.2, 0.25) is 11.6 Å². The fourth-order valence-electron chi connectivity index (χ4n) is 0.699. The number of hydrogen-bond acceptors (Lipinski definition) is 5. The Balaban J connectivity index is 2.36. The van der Waals surface area contributed by atoms with Crippen LogP contribution >= 0.6 is 11.8 Å². The first-order chi connectivity index (χ1) is 5.25. The summed E-state index contributed by atoms with van der Waals surface area (Å²) in [7, 11) is 0. The molecule has 4 nitrogen and oxygen atoms in total. The van der Waals surface area contributed by atoms with Gasteiger partial charge < -0.3 is 4.84 Å². The van der Waals surface area contributed by atoms with Crippen molar-refractivity contribution in [2.75, 3.05) is 12.4 Å². The van der Waals surface area contributed by atoms with Crippen LogP contribution in [-0.2, 0) is 14.4 Å². The molecule has 62 valence electrons. The highest BCUT2D eigenvalue weighted by Crippen LogP contribution is 2.17. The lowest BCUT2D eigenvalue weighted by Crippen LogP contribution is -2.32. The van der Waals surface area contributed by atoms with Crippen LogP contribution in [0.25, 0.3) is 0 Å². The second kappa shape index (κ2) is 3.85. The zero-order valence-corrected chi connectivity index (χ0v) is 6.94. The quantitative estimate of drug-likeness (QED) is 0.473. The minimum atomic E-state index is -0.484. The zero-order chi connectivity index (χ0) is 8.27. The van der Waals surface area contributed by atoms with Crippen molar-refractivity contribution in [2.45, 2.75) is 12.3 Å². The summed E-state index contributed by atoms with van der Waals surface area (Å²) in [6.45, 7) is 2.29. The second-order valence-corrected chi connectivity index (χ2v) is 3.12. The maximum absolute atomic E-state index is 10.9. The highest BCUT2D eigenvalue weighted by Gasteiger charge is 2.32. The Labute approximate surface area is 68.6 Å². The van der Waals surface area contributed by atoms with Crippen molar-refractivity contribution >= 4 is 23.3 Å². The lowest BCUT2D eigenvalue weighted by Gasteiger charge is -2.06. The van der Waals surface area contributed by atoms with Gasteiger partial charge in [0, 0.05) is 0 Å². The monoisotopic (exact) mass is 175 g/mol. The smallest absolute Gasteiger partial charge is 0.228 e. The molecule has 0 aromatic rings. The molecule has 1 saturated heterocycles. The third kappa shape index (κ3) is 2.02. The van der Waals surface area contributed by atoms with Gasteiger partial charge in [-0.25, -0.2) is 0 Å². The van der Waals surface area contributed by atoms with Crippen molar-refractivity contribution in [3.63, 3.8) is 0 Å². The molecule has 0 bridgehead atoms. The number of ketones is 2. The molecule has 11 heavy (non-hydrogen) atoms. The summed E-state index contributed by atoms with van der Waals surface area (Å²) >= 11 is 1.26. The van der Waals surface area contributed by atoms with E-state index in [-0.39, 0.29) is 17.3 Å². The Bertz CT molecular complexity index is 183. The highest BCUT2D eigenvalue weighted by molar-refractivity contribution is 8.02. The number of rotatable bonds is 3. The van der Waals surface area contributed by atoms with Gasteiger partial charge in [0.1, 0.15) is 5.37 Å². The van der Waals surface area contributed by atoms with Gasteiger partial charge in [-0.05, 0) is 6.92 Å². The average Bonchev–Trinajstić information content (AvgIpc) is 2.31. The molecular formula is C6H9NO3S. The van der Waals surface area contributed by atoms with Crippen molar-refractivity contribution in [1.29, 1.82) is 0 Å². The Kier molecular flexibility index (Phi) is 3.04. The zero-order valence-electron chi connectivity index (χ0n) is 6.12. The number of nitrogens with one attached hydrogen (secondary N) is 1. The molecule has 1 unspecified atom stereocenters. The van der Waals surface area contributed by atoms with Gasteiger partial charge in [0.15, 0.2) is 0 Å². The summed E-state index contributed by atoms with van der Waals surface area (Å²) in [6, 6.07) is 0. The molecule has 0 radical (unpaired) electrons. The van der Waals surface area contributed by atoms with E-state index >= 15 is 0 Å². The fourth-order valence-corrected chi connectivity index (χ4v) is 1.58. The summed E-state index contributed by atoms with van der Waals surface area (Å²) in [6.07, 6.45) is 0. The SMILES string of the molecule is CCONC1SCC(=O)C1=O. The van der Waals surface area contributed by atoms with Crippen LogP contribution in [0.5, 0.6) is 0 Å². The van der Waals surface area contributed by atoms with Crippen molar-refractivity contribution in [3.8, 4) is 0 Å². The topological polar surface area (TPSA) is 55.4 Å². The number of carbonyl (C=O) groups is 2. The van der Waals surface area contributed by atoms with Crippen molar-refractivity contribution in [2.24, 2.45) is 0 Å². The van der Waals surface area contributed by atoms with E-state index < -0.39 is 5.37 Å². The standard InChI is InChI=1S/C6H9NO3S/c1-2-10-7-6-5(9)4(8)3-11-6/h6-7H,2-3H2,1H3. The lowest BCUT2D eigenvalue weighted by molar-refractivity contribution is -0.135. The largest absolute Gasteiger partial charge is 0.301 e. The van der Waals surface area contributed by atoms with Crippen LogP contribution in [0.4, 0.5) is 0 Å². The normalized spacial score (nSPS) is 24.6. The van der Waals surface area contributed by atoms with Crippen molar-refractivity contribution in [1.82, 2.24) is 5.48 Å². The van der Waals surface area contributed by atoms with E-state index in [2.05, 4.69) is 5.48 Å². The van der Waals surface area contributed by atoms with E-state index in [0.29, 0.717) is 6.61 Å². The van der Waals surface area contributed by atoms with Crippen molar-refractivity contribution < 1.29 is 14.4 Å². The van der Waals surface area contributed by atoms with Crippen LogP contribution in [-0.4, -0.2) is 29.3 Å². The van der Waals surface area contributed by atoms with E-state index in [4.69, 9.17) is 4.84 Å². The van der Waals surface area contributed by atoms with E-state index in [1.165, 1.54) is 11.8 Å². The number of hydroxylamine groups is 1. The third-order valence-corrected chi connectivity index (χ3v) is 2.30.